The largest absolute Gasteiger partial charge is 0.471 e. The molecule has 0 saturated heterocycles. The molecule has 0 aromatic carbocycles. The summed E-state index contributed by atoms with van der Waals surface area (Å²) in [6.45, 7) is -0.556. The number of aromatic nitrogens is 4. The van der Waals surface area contributed by atoms with Crippen molar-refractivity contribution in [3.05, 3.63) is 24.3 Å². The average Bonchev–Trinajstić information content (AvgIpc) is 2.86. The molecule has 2 aromatic rings. The highest BCUT2D eigenvalue weighted by molar-refractivity contribution is 5.90. The highest BCUT2D eigenvalue weighted by Gasteiger charge is 2.38. The Morgan fingerprint density at radius 3 is 2.62 bits per heavy atom. The molecule has 2 amide bonds. The van der Waals surface area contributed by atoms with Gasteiger partial charge in [0.05, 0.1) is 0 Å². The van der Waals surface area contributed by atoms with Gasteiger partial charge in [0, 0.05) is 25.5 Å². The predicted molar refractivity (Wildman–Crippen MR) is 62.2 cm³/mol. The van der Waals surface area contributed by atoms with E-state index in [0.29, 0.717) is 0 Å². The molecule has 8 nitrogen and oxygen atoms in total. The van der Waals surface area contributed by atoms with Crippen LogP contribution in [0.3, 0.4) is 0 Å². The van der Waals surface area contributed by atoms with Crippen LogP contribution in [0.4, 0.5) is 13.2 Å². The highest BCUT2D eigenvalue weighted by atomic mass is 19.4. The lowest BCUT2D eigenvalue weighted by atomic mass is 10.5. The van der Waals surface area contributed by atoms with E-state index in [1.165, 1.54) is 16.9 Å². The molecule has 0 radical (unpaired) electrons. The van der Waals surface area contributed by atoms with E-state index in [2.05, 4.69) is 20.4 Å². The Kier molecular flexibility index (Phi) is 4.00. The van der Waals surface area contributed by atoms with Crippen LogP contribution in [0, 0.1) is 0 Å². The molecule has 0 aliphatic heterocycles. The molecule has 0 fully saturated rings. The van der Waals surface area contributed by atoms with E-state index < -0.39 is 18.0 Å². The summed E-state index contributed by atoms with van der Waals surface area (Å²) in [6, 6.07) is 1.59. The lowest BCUT2D eigenvalue weighted by Crippen LogP contribution is -2.41. The van der Waals surface area contributed by atoms with Gasteiger partial charge in [0.2, 0.25) is 5.82 Å². The molecule has 2 heterocycles. The number of amides is 2. The van der Waals surface area contributed by atoms with Crippen LogP contribution in [-0.4, -0.2) is 50.7 Å². The SMILES string of the molecule is O=C(NCCNC(=O)C(F)(F)F)c1nc2ncccn2n1. The van der Waals surface area contributed by atoms with Crippen molar-refractivity contribution < 1.29 is 22.8 Å². The molecule has 0 aliphatic carbocycles. The number of nitrogens with zero attached hydrogens (tertiary/aromatic N) is 4. The van der Waals surface area contributed by atoms with E-state index >= 15 is 0 Å². The van der Waals surface area contributed by atoms with E-state index in [0.717, 1.165) is 0 Å². The summed E-state index contributed by atoms with van der Waals surface area (Å²) in [7, 11) is 0. The molecule has 0 aliphatic rings. The van der Waals surface area contributed by atoms with Gasteiger partial charge in [-0.1, -0.05) is 0 Å². The van der Waals surface area contributed by atoms with Gasteiger partial charge in [-0.05, 0) is 6.07 Å². The van der Waals surface area contributed by atoms with Crippen molar-refractivity contribution >= 4 is 17.6 Å². The molecular weight excluding hydrogens is 293 g/mol. The maximum absolute atomic E-state index is 11.9. The Bertz CT molecular complexity index is 635. The van der Waals surface area contributed by atoms with Crippen LogP contribution in [0.1, 0.15) is 10.6 Å². The Morgan fingerprint density at radius 1 is 1.24 bits per heavy atom. The van der Waals surface area contributed by atoms with E-state index in [1.807, 2.05) is 0 Å². The summed E-state index contributed by atoms with van der Waals surface area (Å²) in [4.78, 5) is 29.8. The van der Waals surface area contributed by atoms with E-state index in [9.17, 15) is 22.8 Å². The standard InChI is InChI=1S/C10H9F3N6O2/c11-10(12,13)8(21)15-4-3-14-7(20)6-17-9-16-2-1-5-19(9)18-6/h1-2,5H,3-4H2,(H,14,20)(H,15,21). The van der Waals surface area contributed by atoms with Crippen LogP contribution >= 0.6 is 0 Å². The summed E-state index contributed by atoms with van der Waals surface area (Å²) in [5, 5.41) is 7.73. The Balaban J connectivity index is 1.84. The van der Waals surface area contributed by atoms with Crippen LogP contribution in [-0.2, 0) is 4.79 Å². The number of hydrogen-bond acceptors (Lipinski definition) is 5. The van der Waals surface area contributed by atoms with Crippen LogP contribution in [0.5, 0.6) is 0 Å². The molecule has 21 heavy (non-hydrogen) atoms. The number of carbonyl (C=O) groups excluding carboxylic acids is 2. The predicted octanol–water partition coefficient (Wildman–Crippen LogP) is -0.467. The van der Waals surface area contributed by atoms with Crippen LogP contribution < -0.4 is 10.6 Å². The second kappa shape index (κ2) is 5.73. The monoisotopic (exact) mass is 302 g/mol. The molecule has 11 heteroatoms. The van der Waals surface area contributed by atoms with Gasteiger partial charge in [0.25, 0.3) is 11.7 Å². The van der Waals surface area contributed by atoms with Gasteiger partial charge < -0.3 is 10.6 Å². The minimum atomic E-state index is -4.95. The van der Waals surface area contributed by atoms with Crippen molar-refractivity contribution in [3.8, 4) is 0 Å². The van der Waals surface area contributed by atoms with Gasteiger partial charge >= 0.3 is 12.1 Å². The van der Waals surface area contributed by atoms with E-state index in [1.54, 1.807) is 11.4 Å². The summed E-state index contributed by atoms with van der Waals surface area (Å²) < 4.78 is 36.9. The van der Waals surface area contributed by atoms with Crippen LogP contribution in [0.25, 0.3) is 5.78 Å². The van der Waals surface area contributed by atoms with Gasteiger partial charge in [0.1, 0.15) is 0 Å². The van der Waals surface area contributed by atoms with Crippen LogP contribution in [0.15, 0.2) is 18.5 Å². The molecule has 2 rings (SSSR count). The van der Waals surface area contributed by atoms with E-state index in [-0.39, 0.29) is 24.7 Å². The van der Waals surface area contributed by atoms with Gasteiger partial charge in [-0.25, -0.2) is 9.50 Å². The van der Waals surface area contributed by atoms with Crippen molar-refractivity contribution in [3.63, 3.8) is 0 Å². The minimum absolute atomic E-state index is 0.171. The van der Waals surface area contributed by atoms with Crippen molar-refractivity contribution in [2.75, 3.05) is 13.1 Å². The summed E-state index contributed by atoms with van der Waals surface area (Å²) in [5.74, 6) is -2.70. The second-order valence-corrected chi connectivity index (χ2v) is 3.81. The summed E-state index contributed by atoms with van der Waals surface area (Å²) in [6.07, 6.45) is -1.94. The zero-order valence-electron chi connectivity index (χ0n) is 10.4. The number of hydrogen-bond donors (Lipinski definition) is 2. The maximum atomic E-state index is 11.9. The van der Waals surface area contributed by atoms with E-state index in [4.69, 9.17) is 0 Å². The molecule has 112 valence electrons. The Hall–Kier alpha value is -2.72. The normalized spacial score (nSPS) is 11.4. The molecule has 0 spiro atoms. The maximum Gasteiger partial charge on any atom is 0.471 e. The molecule has 0 saturated carbocycles. The number of nitrogens with one attached hydrogen (secondary N) is 2. The third-order valence-electron chi connectivity index (χ3n) is 2.27. The lowest BCUT2D eigenvalue weighted by molar-refractivity contribution is -0.173. The van der Waals surface area contributed by atoms with Crippen molar-refractivity contribution in [1.82, 2.24) is 30.2 Å². The number of halogens is 3. The Morgan fingerprint density at radius 2 is 1.95 bits per heavy atom. The molecular formula is C10H9F3N6O2. The Labute approximate surface area is 115 Å². The number of fused-ring (bicyclic) bond motifs is 1. The fourth-order valence-electron chi connectivity index (χ4n) is 1.36. The molecule has 0 unspecified atom stereocenters. The van der Waals surface area contributed by atoms with Gasteiger partial charge in [-0.2, -0.15) is 18.2 Å². The number of alkyl halides is 3. The lowest BCUT2D eigenvalue weighted by Gasteiger charge is -2.07. The fourth-order valence-corrected chi connectivity index (χ4v) is 1.36. The van der Waals surface area contributed by atoms with Crippen molar-refractivity contribution in [1.29, 1.82) is 0 Å². The fraction of sp³-hybridized carbons (Fsp3) is 0.300. The minimum Gasteiger partial charge on any atom is -0.347 e. The summed E-state index contributed by atoms with van der Waals surface area (Å²) >= 11 is 0. The third-order valence-corrected chi connectivity index (χ3v) is 2.27. The quantitative estimate of drug-likeness (QED) is 0.744. The summed E-state index contributed by atoms with van der Waals surface area (Å²) in [5.41, 5.74) is 0. The topological polar surface area (TPSA) is 101 Å². The zero-order valence-corrected chi connectivity index (χ0v) is 10.4. The molecule has 0 atom stereocenters. The third kappa shape index (κ3) is 3.64. The molecule has 0 bridgehead atoms. The van der Waals surface area contributed by atoms with Crippen molar-refractivity contribution in [2.45, 2.75) is 6.18 Å². The zero-order chi connectivity index (χ0) is 15.5. The first-order valence-corrected chi connectivity index (χ1v) is 5.68. The van der Waals surface area contributed by atoms with Gasteiger partial charge in [-0.15, -0.1) is 5.10 Å². The highest BCUT2D eigenvalue weighted by Crippen LogP contribution is 2.13. The number of rotatable bonds is 4. The van der Waals surface area contributed by atoms with Crippen molar-refractivity contribution in [2.24, 2.45) is 0 Å². The first-order chi connectivity index (χ1) is 9.88. The second-order valence-electron chi connectivity index (χ2n) is 3.81. The first-order valence-electron chi connectivity index (χ1n) is 5.68. The molecule has 2 N–H and O–H groups in total. The average molecular weight is 302 g/mol. The first kappa shape index (κ1) is 14.7. The van der Waals surface area contributed by atoms with Gasteiger partial charge in [-0.3, -0.25) is 9.59 Å². The number of carbonyl (C=O) groups is 2. The van der Waals surface area contributed by atoms with Gasteiger partial charge in [0.15, 0.2) is 0 Å². The smallest absolute Gasteiger partial charge is 0.347 e. The van der Waals surface area contributed by atoms with Crippen LogP contribution in [0.2, 0.25) is 0 Å². The molecule has 2 aromatic heterocycles.